The third-order valence-corrected chi connectivity index (χ3v) is 7.64. The Morgan fingerprint density at radius 2 is 1.97 bits per heavy atom. The number of carbonyl (C=O) groups is 1. The number of fused-ring (bicyclic) bond motifs is 5. The van der Waals surface area contributed by atoms with Crippen molar-refractivity contribution in [3.63, 3.8) is 0 Å². The van der Waals surface area contributed by atoms with E-state index in [0.717, 1.165) is 35.3 Å². The van der Waals surface area contributed by atoms with Crippen LogP contribution in [0.4, 0.5) is 4.39 Å². The first kappa shape index (κ1) is 20.5. The Hall–Kier alpha value is -2.45. The summed E-state index contributed by atoms with van der Waals surface area (Å²) in [6.45, 7) is 0.735. The van der Waals surface area contributed by atoms with E-state index in [1.165, 1.54) is 0 Å². The number of sulfonamides is 1. The Balaban J connectivity index is 1.56. The van der Waals surface area contributed by atoms with Crippen molar-refractivity contribution in [2.75, 3.05) is 19.2 Å². The molecule has 0 aromatic heterocycles. The van der Waals surface area contributed by atoms with Gasteiger partial charge in [0.2, 0.25) is 21.9 Å². The molecule has 0 unspecified atom stereocenters. The number of nitrogens with one attached hydrogen (secondary N) is 1. The molecule has 31 heavy (non-hydrogen) atoms. The Bertz CT molecular complexity index is 1120. The van der Waals surface area contributed by atoms with Gasteiger partial charge < -0.3 is 9.64 Å². The molecule has 2 aromatic carbocycles. The topological polar surface area (TPSA) is 75.7 Å². The second-order valence-electron chi connectivity index (χ2n) is 8.77. The molecule has 5 rings (SSSR count). The Labute approximate surface area is 181 Å². The molecule has 1 N–H and O–H groups in total. The van der Waals surface area contributed by atoms with Gasteiger partial charge in [-0.15, -0.1) is 0 Å². The normalized spacial score (nSPS) is 24.5. The van der Waals surface area contributed by atoms with Crippen molar-refractivity contribution in [1.82, 2.24) is 9.62 Å². The smallest absolute Gasteiger partial charge is 0.241 e. The zero-order valence-electron chi connectivity index (χ0n) is 17.1. The summed E-state index contributed by atoms with van der Waals surface area (Å²) in [6.07, 6.45) is 2.37. The van der Waals surface area contributed by atoms with Crippen molar-refractivity contribution >= 4 is 15.9 Å². The number of carbonyl (C=O) groups excluding carboxylic acids is 1. The maximum Gasteiger partial charge on any atom is 0.241 e. The highest BCUT2D eigenvalue weighted by Gasteiger charge is 2.61. The first-order chi connectivity index (χ1) is 14.9. The number of rotatable bonds is 3. The van der Waals surface area contributed by atoms with E-state index < -0.39 is 22.1 Å². The summed E-state index contributed by atoms with van der Waals surface area (Å²) < 4.78 is 45.9. The molecular weight excluding hydrogens is 419 g/mol. The molecule has 1 spiro atoms. The van der Waals surface area contributed by atoms with Crippen LogP contribution in [0.5, 0.6) is 5.75 Å². The number of nitrogens with zero attached hydrogens (tertiary/aromatic N) is 1. The minimum atomic E-state index is -4.04. The lowest BCUT2D eigenvalue weighted by Gasteiger charge is -2.30. The Morgan fingerprint density at radius 3 is 2.74 bits per heavy atom. The highest BCUT2D eigenvalue weighted by molar-refractivity contribution is 7.89. The number of para-hydroxylation sites is 1. The van der Waals surface area contributed by atoms with Crippen LogP contribution in [0, 0.1) is 5.41 Å². The Morgan fingerprint density at radius 1 is 1.16 bits per heavy atom. The lowest BCUT2D eigenvalue weighted by atomic mass is 9.91. The van der Waals surface area contributed by atoms with Crippen molar-refractivity contribution in [2.45, 2.75) is 37.8 Å². The van der Waals surface area contributed by atoms with Gasteiger partial charge in [0.1, 0.15) is 5.75 Å². The number of benzene rings is 2. The predicted molar refractivity (Wildman–Crippen MR) is 115 cm³/mol. The molecule has 0 radical (unpaired) electrons. The molecule has 1 saturated heterocycles. The first-order valence-corrected chi connectivity index (χ1v) is 12.2. The van der Waals surface area contributed by atoms with Crippen molar-refractivity contribution < 1.29 is 22.3 Å². The minimum Gasteiger partial charge on any atom is -0.492 e. The summed E-state index contributed by atoms with van der Waals surface area (Å²) in [5.41, 5.74) is 2.66. The van der Waals surface area contributed by atoms with Crippen molar-refractivity contribution in [3.8, 4) is 16.9 Å². The predicted octanol–water partition coefficient (Wildman–Crippen LogP) is 2.88. The fraction of sp³-hybridized carbons (Fsp3) is 0.435. The quantitative estimate of drug-likeness (QED) is 0.790. The zero-order chi connectivity index (χ0) is 21.6. The van der Waals surface area contributed by atoms with E-state index in [-0.39, 0.29) is 30.4 Å². The highest BCUT2D eigenvalue weighted by atomic mass is 32.2. The third kappa shape index (κ3) is 3.83. The molecule has 1 saturated carbocycles. The summed E-state index contributed by atoms with van der Waals surface area (Å²) in [4.78, 5) is 14.9. The van der Waals surface area contributed by atoms with Gasteiger partial charge in [0, 0.05) is 23.6 Å². The SMILES string of the molecule is O=C1CCOc2ccccc2-c2cccc(c2)C[C@H]2[C@@H](NS(=O)(=O)CF)C3(CC3)CN12. The van der Waals surface area contributed by atoms with Crippen LogP contribution in [-0.2, 0) is 21.2 Å². The third-order valence-electron chi connectivity index (χ3n) is 6.74. The van der Waals surface area contributed by atoms with Gasteiger partial charge in [-0.3, -0.25) is 4.79 Å². The minimum absolute atomic E-state index is 0.0626. The molecule has 2 aliphatic heterocycles. The van der Waals surface area contributed by atoms with E-state index in [4.69, 9.17) is 4.74 Å². The van der Waals surface area contributed by atoms with Crippen LogP contribution < -0.4 is 9.46 Å². The highest BCUT2D eigenvalue weighted by Crippen LogP contribution is 2.55. The number of hydrogen-bond acceptors (Lipinski definition) is 4. The van der Waals surface area contributed by atoms with Crippen LogP contribution in [-0.4, -0.2) is 50.5 Å². The molecule has 1 amide bonds. The van der Waals surface area contributed by atoms with E-state index in [1.807, 2.05) is 42.5 Å². The molecule has 1 aliphatic carbocycles. The second-order valence-corrected chi connectivity index (χ2v) is 10.5. The summed E-state index contributed by atoms with van der Waals surface area (Å²) in [5.74, 6) is 0.672. The van der Waals surface area contributed by atoms with Gasteiger partial charge in [-0.05, 0) is 36.5 Å². The van der Waals surface area contributed by atoms with Gasteiger partial charge in [-0.25, -0.2) is 17.5 Å². The second kappa shape index (κ2) is 7.60. The zero-order valence-corrected chi connectivity index (χ0v) is 17.9. The fourth-order valence-corrected chi connectivity index (χ4v) is 5.89. The maximum atomic E-state index is 13.1. The molecule has 8 heteroatoms. The molecule has 2 bridgehead atoms. The lowest BCUT2D eigenvalue weighted by Crippen LogP contribution is -2.50. The van der Waals surface area contributed by atoms with E-state index in [2.05, 4.69) is 10.8 Å². The summed E-state index contributed by atoms with van der Waals surface area (Å²) in [7, 11) is -4.04. The number of ether oxygens (including phenoxy) is 1. The van der Waals surface area contributed by atoms with Crippen molar-refractivity contribution in [1.29, 1.82) is 0 Å². The number of alkyl halides is 1. The van der Waals surface area contributed by atoms with Crippen LogP contribution in [0.3, 0.4) is 0 Å². The number of amides is 1. The summed E-state index contributed by atoms with van der Waals surface area (Å²) in [5, 5.41) is 0. The van der Waals surface area contributed by atoms with E-state index in [0.29, 0.717) is 13.0 Å². The molecule has 2 fully saturated rings. The van der Waals surface area contributed by atoms with Crippen LogP contribution in [0.1, 0.15) is 24.8 Å². The van der Waals surface area contributed by atoms with Gasteiger partial charge in [0.25, 0.3) is 0 Å². The molecule has 2 atom stereocenters. The van der Waals surface area contributed by atoms with E-state index >= 15 is 0 Å². The van der Waals surface area contributed by atoms with Crippen molar-refractivity contribution in [2.24, 2.45) is 5.41 Å². The summed E-state index contributed by atoms with van der Waals surface area (Å²) in [6, 6.07) is 13.5. The average Bonchev–Trinajstić information content (AvgIpc) is 3.49. The molecule has 6 nitrogen and oxygen atoms in total. The van der Waals surface area contributed by atoms with Crippen LogP contribution in [0.2, 0.25) is 0 Å². The van der Waals surface area contributed by atoms with Gasteiger partial charge in [-0.2, -0.15) is 0 Å². The summed E-state index contributed by atoms with van der Waals surface area (Å²) >= 11 is 0. The number of hydrogen-bond donors (Lipinski definition) is 1. The van der Waals surface area contributed by atoms with Gasteiger partial charge in [-0.1, -0.05) is 42.5 Å². The molecular formula is C23H25FN2O4S. The molecule has 2 aromatic rings. The largest absolute Gasteiger partial charge is 0.492 e. The maximum absolute atomic E-state index is 13.1. The van der Waals surface area contributed by atoms with Crippen molar-refractivity contribution in [3.05, 3.63) is 54.1 Å². The van der Waals surface area contributed by atoms with Crippen LogP contribution >= 0.6 is 0 Å². The molecule has 2 heterocycles. The average molecular weight is 445 g/mol. The van der Waals surface area contributed by atoms with Gasteiger partial charge >= 0.3 is 0 Å². The molecule has 3 aliphatic rings. The molecule has 164 valence electrons. The Kier molecular flexibility index (Phi) is 5.01. The van der Waals surface area contributed by atoms with E-state index in [9.17, 15) is 17.6 Å². The first-order valence-electron chi connectivity index (χ1n) is 10.6. The van der Waals surface area contributed by atoms with Crippen LogP contribution in [0.25, 0.3) is 11.1 Å². The monoisotopic (exact) mass is 444 g/mol. The standard InChI is InChI=1S/C23H25FN2O4S/c24-15-31(28,29)25-22-19-13-16-4-3-5-17(12-16)18-6-1-2-7-20(18)30-11-8-21(27)26(19)14-23(22)9-10-23/h1-7,12,19,22,25H,8-11,13-15H2/t19-,22+/m0/s1. The lowest BCUT2D eigenvalue weighted by molar-refractivity contribution is -0.132. The number of halogens is 1. The van der Waals surface area contributed by atoms with Crippen LogP contribution in [0.15, 0.2) is 48.5 Å². The van der Waals surface area contributed by atoms with Gasteiger partial charge in [0.15, 0.2) is 0 Å². The fourth-order valence-electron chi connectivity index (χ4n) is 5.03. The van der Waals surface area contributed by atoms with E-state index in [1.54, 1.807) is 4.90 Å². The van der Waals surface area contributed by atoms with Gasteiger partial charge in [0.05, 0.1) is 19.1 Å².